The van der Waals surface area contributed by atoms with Crippen molar-refractivity contribution in [2.45, 2.75) is 25.4 Å². The number of carbonyl (C=O) groups is 5. The Morgan fingerprint density at radius 1 is 1.19 bits per heavy atom. The molecule has 9 nitrogen and oxygen atoms in total. The van der Waals surface area contributed by atoms with Crippen LogP contribution in [0.2, 0.25) is 10.2 Å². The van der Waals surface area contributed by atoms with Crippen molar-refractivity contribution in [3.63, 3.8) is 0 Å². The zero-order valence-electron chi connectivity index (χ0n) is 15.8. The third kappa shape index (κ3) is 3.77. The fraction of sp³-hybridized carbons (Fsp3) is 0.200. The third-order valence-electron chi connectivity index (χ3n) is 5.04. The molecule has 1 fully saturated rings. The molecule has 4 rings (SSSR count). The van der Waals surface area contributed by atoms with Gasteiger partial charge in [0, 0.05) is 19.2 Å². The molecule has 5 amide bonds. The number of hydrogen-bond acceptors (Lipinski definition) is 6. The predicted molar refractivity (Wildman–Crippen MR) is 109 cm³/mol. The first-order valence-corrected chi connectivity index (χ1v) is 9.96. The van der Waals surface area contributed by atoms with Gasteiger partial charge >= 0.3 is 0 Å². The van der Waals surface area contributed by atoms with Crippen LogP contribution < -0.4 is 10.6 Å². The predicted octanol–water partition coefficient (Wildman–Crippen LogP) is 1.72. The number of pyridine rings is 1. The number of benzene rings is 1. The van der Waals surface area contributed by atoms with Gasteiger partial charge in [0.1, 0.15) is 11.2 Å². The maximum Gasteiger partial charge on any atom is 0.262 e. The summed E-state index contributed by atoms with van der Waals surface area (Å²) in [5.74, 6) is -2.97. The van der Waals surface area contributed by atoms with Gasteiger partial charge in [-0.2, -0.15) is 0 Å². The second kappa shape index (κ2) is 8.09. The van der Waals surface area contributed by atoms with E-state index in [4.69, 9.17) is 23.2 Å². The van der Waals surface area contributed by atoms with Crippen molar-refractivity contribution in [3.05, 3.63) is 62.9 Å². The molecule has 0 saturated carbocycles. The van der Waals surface area contributed by atoms with Crippen molar-refractivity contribution in [2.24, 2.45) is 0 Å². The molecule has 1 aromatic carbocycles. The minimum Gasteiger partial charge on any atom is -0.348 e. The summed E-state index contributed by atoms with van der Waals surface area (Å²) in [5, 5.41) is 4.98. The van der Waals surface area contributed by atoms with E-state index in [9.17, 15) is 24.0 Å². The van der Waals surface area contributed by atoms with Gasteiger partial charge < -0.3 is 5.32 Å². The minimum atomic E-state index is -1.07. The van der Waals surface area contributed by atoms with Gasteiger partial charge in [-0.1, -0.05) is 35.3 Å². The van der Waals surface area contributed by atoms with Gasteiger partial charge in [0.05, 0.1) is 21.7 Å². The van der Waals surface area contributed by atoms with E-state index < -0.39 is 35.6 Å². The fourth-order valence-electron chi connectivity index (χ4n) is 3.58. The lowest BCUT2D eigenvalue weighted by Crippen LogP contribution is -2.54. The molecule has 2 aromatic rings. The van der Waals surface area contributed by atoms with Crippen molar-refractivity contribution in [3.8, 4) is 0 Å². The zero-order chi connectivity index (χ0) is 22.3. The first-order chi connectivity index (χ1) is 14.8. The summed E-state index contributed by atoms with van der Waals surface area (Å²) in [6.45, 7) is -0.0763. The monoisotopic (exact) mass is 460 g/mol. The van der Waals surface area contributed by atoms with E-state index in [1.807, 2.05) is 0 Å². The van der Waals surface area contributed by atoms with Crippen LogP contribution >= 0.6 is 23.2 Å². The van der Waals surface area contributed by atoms with Crippen LogP contribution in [0.5, 0.6) is 0 Å². The minimum absolute atomic E-state index is 0.0289. The highest BCUT2D eigenvalue weighted by Crippen LogP contribution is 2.30. The Balaban J connectivity index is 1.57. The molecule has 2 aliphatic heterocycles. The Labute approximate surface area is 185 Å². The van der Waals surface area contributed by atoms with Gasteiger partial charge in [-0.05, 0) is 24.1 Å². The number of carbonyl (C=O) groups excluding carboxylic acids is 5. The van der Waals surface area contributed by atoms with Crippen molar-refractivity contribution in [1.82, 2.24) is 20.5 Å². The topological polar surface area (TPSA) is 126 Å². The molecule has 158 valence electrons. The summed E-state index contributed by atoms with van der Waals surface area (Å²) in [6, 6.07) is 4.94. The highest BCUT2D eigenvalue weighted by molar-refractivity contribution is 6.34. The molecule has 0 spiro atoms. The summed E-state index contributed by atoms with van der Waals surface area (Å²) >= 11 is 11.8. The van der Waals surface area contributed by atoms with Crippen LogP contribution in [0.4, 0.5) is 0 Å². The molecule has 0 bridgehead atoms. The molecule has 1 aromatic heterocycles. The largest absolute Gasteiger partial charge is 0.348 e. The second-order valence-corrected chi connectivity index (χ2v) is 7.76. The van der Waals surface area contributed by atoms with E-state index >= 15 is 0 Å². The number of nitrogens with zero attached hydrogens (tertiary/aromatic N) is 2. The normalized spacial score (nSPS) is 18.1. The van der Waals surface area contributed by atoms with Crippen LogP contribution in [0.15, 0.2) is 30.5 Å². The van der Waals surface area contributed by atoms with E-state index in [-0.39, 0.29) is 46.3 Å². The Morgan fingerprint density at radius 2 is 1.97 bits per heavy atom. The lowest BCUT2D eigenvalue weighted by molar-refractivity contribution is -0.136. The number of nitrogens with one attached hydrogen (secondary N) is 2. The first kappa shape index (κ1) is 21.0. The van der Waals surface area contributed by atoms with Gasteiger partial charge in [-0.15, -0.1) is 0 Å². The average molecular weight is 461 g/mol. The summed E-state index contributed by atoms with van der Waals surface area (Å²) in [4.78, 5) is 66.6. The summed E-state index contributed by atoms with van der Waals surface area (Å²) < 4.78 is 0. The highest BCUT2D eigenvalue weighted by Gasteiger charge is 2.45. The van der Waals surface area contributed by atoms with Gasteiger partial charge in [-0.25, -0.2) is 4.98 Å². The van der Waals surface area contributed by atoms with Crippen LogP contribution in [0.25, 0.3) is 0 Å². The van der Waals surface area contributed by atoms with E-state index in [0.29, 0.717) is 5.56 Å². The maximum atomic E-state index is 13.0. The summed E-state index contributed by atoms with van der Waals surface area (Å²) in [6.07, 6.45) is 1.39. The Morgan fingerprint density at radius 3 is 2.71 bits per heavy atom. The quantitative estimate of drug-likeness (QED) is 0.528. The average Bonchev–Trinajstić information content (AvgIpc) is 2.99. The molecule has 3 heterocycles. The molecular weight excluding hydrogens is 447 g/mol. The molecule has 11 heteroatoms. The Bertz CT molecular complexity index is 1170. The molecule has 0 aliphatic carbocycles. The Hall–Kier alpha value is -3.30. The maximum absolute atomic E-state index is 13.0. The Kier molecular flexibility index (Phi) is 5.47. The smallest absolute Gasteiger partial charge is 0.262 e. The number of halogens is 2. The fourth-order valence-corrected chi connectivity index (χ4v) is 3.93. The number of imide groups is 2. The van der Waals surface area contributed by atoms with Crippen LogP contribution in [-0.2, 0) is 16.1 Å². The number of amides is 5. The second-order valence-electron chi connectivity index (χ2n) is 6.96. The van der Waals surface area contributed by atoms with Crippen LogP contribution in [0.1, 0.15) is 49.5 Å². The molecular formula is C20H14Cl2N4O5. The van der Waals surface area contributed by atoms with Crippen LogP contribution in [0.3, 0.4) is 0 Å². The van der Waals surface area contributed by atoms with Gasteiger partial charge in [0.2, 0.25) is 11.8 Å². The third-order valence-corrected chi connectivity index (χ3v) is 5.55. The van der Waals surface area contributed by atoms with Crippen molar-refractivity contribution < 1.29 is 24.0 Å². The van der Waals surface area contributed by atoms with Gasteiger partial charge in [-0.3, -0.25) is 34.2 Å². The van der Waals surface area contributed by atoms with E-state index in [1.165, 1.54) is 18.3 Å². The molecule has 0 radical (unpaired) electrons. The molecule has 2 N–H and O–H groups in total. The van der Waals surface area contributed by atoms with E-state index in [1.54, 1.807) is 12.1 Å². The first-order valence-electron chi connectivity index (χ1n) is 9.20. The highest BCUT2D eigenvalue weighted by atomic mass is 35.5. The standard InChI is InChI=1S/C20H14Cl2N4O5/c21-10-6-12(16(22)23-8-10)17(28)24-7-9-2-1-3-11-15(9)20(31)26(19(11)30)13-4-5-14(27)25-18(13)29/h1-3,6,8,13H,4-5,7H2,(H,24,28)(H,25,27,29). The van der Waals surface area contributed by atoms with Crippen LogP contribution in [0, 0.1) is 0 Å². The van der Waals surface area contributed by atoms with Crippen molar-refractivity contribution in [2.75, 3.05) is 0 Å². The van der Waals surface area contributed by atoms with E-state index in [0.717, 1.165) is 4.90 Å². The molecule has 1 atom stereocenters. The SMILES string of the molecule is O=C1CCC(N2C(=O)c3cccc(CNC(=O)c4cc(Cl)cnc4Cl)c3C2=O)C(=O)N1. The zero-order valence-corrected chi connectivity index (χ0v) is 17.3. The lowest BCUT2D eigenvalue weighted by Gasteiger charge is -2.27. The van der Waals surface area contributed by atoms with Crippen molar-refractivity contribution in [1.29, 1.82) is 0 Å². The number of piperidine rings is 1. The molecule has 31 heavy (non-hydrogen) atoms. The lowest BCUT2D eigenvalue weighted by atomic mass is 10.0. The van der Waals surface area contributed by atoms with Gasteiger partial charge in [0.15, 0.2) is 0 Å². The van der Waals surface area contributed by atoms with E-state index in [2.05, 4.69) is 15.6 Å². The molecule has 1 unspecified atom stereocenters. The number of hydrogen-bond donors (Lipinski definition) is 2. The molecule has 2 aliphatic rings. The number of aromatic nitrogens is 1. The number of rotatable bonds is 4. The van der Waals surface area contributed by atoms with Gasteiger partial charge in [0.25, 0.3) is 17.7 Å². The molecule has 1 saturated heterocycles. The van der Waals surface area contributed by atoms with Crippen molar-refractivity contribution >= 4 is 52.7 Å². The van der Waals surface area contributed by atoms with Crippen LogP contribution in [-0.4, -0.2) is 45.5 Å². The summed E-state index contributed by atoms with van der Waals surface area (Å²) in [5.41, 5.74) is 0.691. The summed E-state index contributed by atoms with van der Waals surface area (Å²) in [7, 11) is 0. The number of fused-ring (bicyclic) bond motifs is 1.